The Labute approximate surface area is 108 Å². The zero-order valence-electron chi connectivity index (χ0n) is 9.50. The summed E-state index contributed by atoms with van der Waals surface area (Å²) in [5, 5.41) is 2.63. The zero-order valence-corrected chi connectivity index (χ0v) is 10.3. The number of para-hydroxylation sites is 1. The first kappa shape index (κ1) is 11.0. The summed E-state index contributed by atoms with van der Waals surface area (Å²) in [6, 6.07) is 12.8. The van der Waals surface area contributed by atoms with Crippen LogP contribution in [0.2, 0.25) is 0 Å². The number of hydrogen-bond donors (Lipinski definition) is 0. The molecule has 3 rings (SSSR count). The smallest absolute Gasteiger partial charge is 0.193 e. The Bertz CT molecular complexity index is 752. The second-order valence-corrected chi connectivity index (χ2v) is 4.84. The summed E-state index contributed by atoms with van der Waals surface area (Å²) in [6.07, 6.45) is 3.76. The van der Waals surface area contributed by atoms with Crippen LogP contribution >= 0.6 is 11.3 Å². The average molecular weight is 254 g/mol. The lowest BCUT2D eigenvalue weighted by Gasteiger charge is -1.97. The van der Waals surface area contributed by atoms with Crippen LogP contribution in [0.5, 0.6) is 0 Å². The molecule has 18 heavy (non-hydrogen) atoms. The van der Waals surface area contributed by atoms with E-state index < -0.39 is 0 Å². The van der Waals surface area contributed by atoms with Crippen molar-refractivity contribution >= 4 is 34.5 Å². The van der Waals surface area contributed by atoms with Gasteiger partial charge >= 0.3 is 0 Å². The van der Waals surface area contributed by atoms with Gasteiger partial charge in [-0.15, -0.1) is 11.3 Å². The lowest BCUT2D eigenvalue weighted by atomic mass is 10.2. The quantitative estimate of drug-likeness (QED) is 0.691. The van der Waals surface area contributed by atoms with Crippen molar-refractivity contribution in [2.45, 2.75) is 0 Å². The third-order valence-corrected chi connectivity index (χ3v) is 3.45. The van der Waals surface area contributed by atoms with Crippen LogP contribution in [0.3, 0.4) is 0 Å². The van der Waals surface area contributed by atoms with Crippen LogP contribution in [0, 0.1) is 0 Å². The highest BCUT2D eigenvalue weighted by Gasteiger charge is 2.01. The largest absolute Gasteiger partial charge is 0.456 e. The summed E-state index contributed by atoms with van der Waals surface area (Å²) in [5.74, 6) is 0.576. The summed E-state index contributed by atoms with van der Waals surface area (Å²) in [7, 11) is 0. The van der Waals surface area contributed by atoms with Crippen molar-refractivity contribution in [3.63, 3.8) is 0 Å². The molecule has 3 aromatic rings. The van der Waals surface area contributed by atoms with Gasteiger partial charge in [0.05, 0.1) is 5.39 Å². The van der Waals surface area contributed by atoms with Crippen LogP contribution in [-0.4, -0.2) is 0 Å². The predicted molar refractivity (Wildman–Crippen MR) is 75.7 cm³/mol. The summed E-state index contributed by atoms with van der Waals surface area (Å²) in [6.45, 7) is 0. The van der Waals surface area contributed by atoms with Crippen LogP contribution in [0.4, 0.5) is 0 Å². The van der Waals surface area contributed by atoms with Crippen molar-refractivity contribution in [3.05, 3.63) is 68.7 Å². The molecule has 0 aliphatic rings. The average Bonchev–Trinajstić information content (AvgIpc) is 2.90. The molecule has 2 heterocycles. The minimum absolute atomic E-state index is 0.0114. The van der Waals surface area contributed by atoms with Gasteiger partial charge in [0.25, 0.3) is 0 Å². The number of fused-ring (bicyclic) bond motifs is 1. The lowest BCUT2D eigenvalue weighted by Crippen LogP contribution is -1.99. The SMILES string of the molecule is O=c1cc(/C=C/c2cccs2)oc2ccccc12. The van der Waals surface area contributed by atoms with Crippen molar-refractivity contribution < 1.29 is 4.42 Å². The van der Waals surface area contributed by atoms with Crippen LogP contribution in [-0.2, 0) is 0 Å². The molecule has 0 amide bonds. The summed E-state index contributed by atoms with van der Waals surface area (Å²) >= 11 is 1.64. The molecule has 88 valence electrons. The molecule has 2 nitrogen and oxygen atoms in total. The van der Waals surface area contributed by atoms with E-state index in [0.29, 0.717) is 16.7 Å². The highest BCUT2D eigenvalue weighted by Crippen LogP contribution is 2.16. The maximum Gasteiger partial charge on any atom is 0.193 e. The summed E-state index contributed by atoms with van der Waals surface area (Å²) < 4.78 is 5.66. The van der Waals surface area contributed by atoms with Gasteiger partial charge in [-0.25, -0.2) is 0 Å². The van der Waals surface area contributed by atoms with E-state index in [1.165, 1.54) is 6.07 Å². The van der Waals surface area contributed by atoms with Crippen LogP contribution in [0.15, 0.2) is 57.1 Å². The first-order valence-electron chi connectivity index (χ1n) is 5.57. The van der Waals surface area contributed by atoms with Gasteiger partial charge in [0.15, 0.2) is 5.43 Å². The Hall–Kier alpha value is -2.13. The minimum atomic E-state index is -0.0114. The van der Waals surface area contributed by atoms with Crippen molar-refractivity contribution in [2.75, 3.05) is 0 Å². The molecule has 0 spiro atoms. The number of thiophene rings is 1. The van der Waals surface area contributed by atoms with E-state index in [9.17, 15) is 4.79 Å². The van der Waals surface area contributed by atoms with Crippen LogP contribution in [0.25, 0.3) is 23.1 Å². The summed E-state index contributed by atoms with van der Waals surface area (Å²) in [4.78, 5) is 13.0. The standard InChI is InChI=1S/C15H10O2S/c16-14-10-11(7-8-12-4-3-9-18-12)17-15-6-2-1-5-13(14)15/h1-10H/b8-7+. The van der Waals surface area contributed by atoms with E-state index >= 15 is 0 Å². The third kappa shape index (κ3) is 2.13. The van der Waals surface area contributed by atoms with E-state index in [1.54, 1.807) is 23.5 Å². The van der Waals surface area contributed by atoms with Crippen LogP contribution < -0.4 is 5.43 Å². The lowest BCUT2D eigenvalue weighted by molar-refractivity contribution is 0.591. The van der Waals surface area contributed by atoms with Crippen molar-refractivity contribution in [1.82, 2.24) is 0 Å². The second-order valence-electron chi connectivity index (χ2n) is 3.86. The monoisotopic (exact) mass is 254 g/mol. The van der Waals surface area contributed by atoms with Gasteiger partial charge in [0.1, 0.15) is 11.3 Å². The van der Waals surface area contributed by atoms with E-state index in [2.05, 4.69) is 0 Å². The topological polar surface area (TPSA) is 30.2 Å². The maximum absolute atomic E-state index is 11.9. The van der Waals surface area contributed by atoms with Crippen molar-refractivity contribution in [1.29, 1.82) is 0 Å². The van der Waals surface area contributed by atoms with Gasteiger partial charge in [-0.1, -0.05) is 18.2 Å². The van der Waals surface area contributed by atoms with E-state index in [-0.39, 0.29) is 5.43 Å². The Morgan fingerprint density at radius 1 is 1.06 bits per heavy atom. The van der Waals surface area contributed by atoms with Gasteiger partial charge in [-0.05, 0) is 35.7 Å². The molecule has 0 aliphatic carbocycles. The van der Waals surface area contributed by atoms with Gasteiger partial charge < -0.3 is 4.42 Å². The molecule has 0 unspecified atom stereocenters. The highest BCUT2D eigenvalue weighted by molar-refractivity contribution is 7.10. The second kappa shape index (κ2) is 4.63. The summed E-state index contributed by atoms with van der Waals surface area (Å²) in [5.41, 5.74) is 0.610. The van der Waals surface area contributed by atoms with Crippen molar-refractivity contribution in [2.24, 2.45) is 0 Å². The first-order valence-corrected chi connectivity index (χ1v) is 6.45. The molecule has 0 bridgehead atoms. The molecular weight excluding hydrogens is 244 g/mol. The molecular formula is C15H10O2S. The highest BCUT2D eigenvalue weighted by atomic mass is 32.1. The molecule has 0 saturated heterocycles. The van der Waals surface area contributed by atoms with Gasteiger partial charge in [-0.3, -0.25) is 4.79 Å². The molecule has 0 radical (unpaired) electrons. The van der Waals surface area contributed by atoms with E-state index in [4.69, 9.17) is 4.42 Å². The molecule has 0 N–H and O–H groups in total. The Morgan fingerprint density at radius 2 is 1.94 bits per heavy atom. The first-order chi connectivity index (χ1) is 8.83. The van der Waals surface area contributed by atoms with Crippen molar-refractivity contribution in [3.8, 4) is 0 Å². The number of benzene rings is 1. The predicted octanol–water partition coefficient (Wildman–Crippen LogP) is 4.02. The fraction of sp³-hybridized carbons (Fsp3) is 0. The zero-order chi connectivity index (χ0) is 12.4. The fourth-order valence-electron chi connectivity index (χ4n) is 1.76. The Morgan fingerprint density at radius 3 is 2.78 bits per heavy atom. The van der Waals surface area contributed by atoms with Gasteiger partial charge in [0, 0.05) is 10.9 Å². The fourth-order valence-corrected chi connectivity index (χ4v) is 2.37. The molecule has 3 heteroatoms. The normalized spacial score (nSPS) is 11.3. The molecule has 2 aromatic heterocycles. The molecule has 0 atom stereocenters. The van der Waals surface area contributed by atoms with Gasteiger partial charge in [-0.2, -0.15) is 0 Å². The molecule has 1 aromatic carbocycles. The Kier molecular flexibility index (Phi) is 2.82. The van der Waals surface area contributed by atoms with Crippen LogP contribution in [0.1, 0.15) is 10.6 Å². The molecule has 0 aliphatic heterocycles. The number of hydrogen-bond acceptors (Lipinski definition) is 3. The Balaban J connectivity index is 2.06. The van der Waals surface area contributed by atoms with E-state index in [0.717, 1.165) is 4.88 Å². The third-order valence-electron chi connectivity index (χ3n) is 2.61. The number of rotatable bonds is 2. The van der Waals surface area contributed by atoms with Gasteiger partial charge in [0.2, 0.25) is 0 Å². The molecule has 0 fully saturated rings. The molecule has 0 saturated carbocycles. The maximum atomic E-state index is 11.9. The van der Waals surface area contributed by atoms with E-state index in [1.807, 2.05) is 41.8 Å². The minimum Gasteiger partial charge on any atom is -0.456 e.